The second kappa shape index (κ2) is 8.75. The quantitative estimate of drug-likeness (QED) is 0.345. The minimum Gasteiger partial charge on any atom is -0.396 e. The number of imide groups is 1. The Balaban J connectivity index is 1.65. The zero-order valence-corrected chi connectivity index (χ0v) is 19.7. The molecule has 2 N–H and O–H groups in total. The van der Waals surface area contributed by atoms with Crippen molar-refractivity contribution in [2.75, 3.05) is 6.61 Å². The van der Waals surface area contributed by atoms with Crippen LogP contribution in [-0.2, 0) is 16.1 Å². The van der Waals surface area contributed by atoms with Gasteiger partial charge in [0.25, 0.3) is 11.8 Å². The molecule has 0 radical (unpaired) electrons. The summed E-state index contributed by atoms with van der Waals surface area (Å²) >= 11 is 6.36. The van der Waals surface area contributed by atoms with E-state index in [4.69, 9.17) is 16.7 Å². The van der Waals surface area contributed by atoms with Crippen LogP contribution in [0.5, 0.6) is 0 Å². The van der Waals surface area contributed by atoms with Crippen LogP contribution >= 0.6 is 11.6 Å². The van der Waals surface area contributed by atoms with Crippen LogP contribution in [0, 0.1) is 0 Å². The van der Waals surface area contributed by atoms with Crippen molar-refractivity contribution in [3.63, 3.8) is 0 Å². The maximum absolute atomic E-state index is 13.2. The van der Waals surface area contributed by atoms with Gasteiger partial charge < -0.3 is 9.67 Å². The molecular weight excluding hydrogens is 478 g/mol. The van der Waals surface area contributed by atoms with E-state index >= 15 is 0 Å². The predicted molar refractivity (Wildman–Crippen MR) is 137 cm³/mol. The van der Waals surface area contributed by atoms with Crippen molar-refractivity contribution in [2.45, 2.75) is 13.0 Å². The summed E-state index contributed by atoms with van der Waals surface area (Å²) in [5, 5.41) is 18.5. The molecular formula is C27H20ClN5O3. The number of fused-ring (bicyclic) bond motifs is 2. The lowest BCUT2D eigenvalue weighted by Crippen LogP contribution is -2.22. The first kappa shape index (κ1) is 22.2. The Labute approximate surface area is 210 Å². The maximum Gasteiger partial charge on any atom is 0.261 e. The second-order valence-corrected chi connectivity index (χ2v) is 8.92. The number of aryl methyl sites for hydroxylation is 1. The highest BCUT2D eigenvalue weighted by Crippen LogP contribution is 2.39. The lowest BCUT2D eigenvalue weighted by Gasteiger charge is -2.03. The van der Waals surface area contributed by atoms with E-state index in [9.17, 15) is 14.7 Å². The monoisotopic (exact) mass is 497 g/mol. The molecule has 0 bridgehead atoms. The number of carbonyl (C=O) groups is 2. The first-order valence-corrected chi connectivity index (χ1v) is 11.8. The fourth-order valence-electron chi connectivity index (χ4n) is 4.75. The molecule has 1 aliphatic rings. The van der Waals surface area contributed by atoms with Crippen LogP contribution in [0.2, 0.25) is 5.02 Å². The number of rotatable bonds is 6. The van der Waals surface area contributed by atoms with Crippen molar-refractivity contribution < 1.29 is 14.7 Å². The predicted octanol–water partition coefficient (Wildman–Crippen LogP) is 3.98. The molecule has 0 saturated carbocycles. The van der Waals surface area contributed by atoms with E-state index in [-0.39, 0.29) is 17.8 Å². The number of hydrogen-bond acceptors (Lipinski definition) is 5. The van der Waals surface area contributed by atoms with Gasteiger partial charge in [0, 0.05) is 46.9 Å². The number of para-hydroxylation sites is 1. The van der Waals surface area contributed by atoms with Crippen molar-refractivity contribution in [1.82, 2.24) is 24.6 Å². The van der Waals surface area contributed by atoms with Crippen LogP contribution in [0.1, 0.15) is 17.7 Å². The van der Waals surface area contributed by atoms with Crippen molar-refractivity contribution in [2.24, 2.45) is 0 Å². The first-order valence-electron chi connectivity index (χ1n) is 11.4. The summed E-state index contributed by atoms with van der Waals surface area (Å²) in [7, 11) is 0. The molecule has 4 heterocycles. The molecule has 0 saturated heterocycles. The number of halogens is 1. The lowest BCUT2D eigenvalue weighted by molar-refractivity contribution is -0.122. The third-order valence-electron chi connectivity index (χ3n) is 6.31. The number of nitrogens with one attached hydrogen (secondary N) is 1. The summed E-state index contributed by atoms with van der Waals surface area (Å²) in [6.07, 6.45) is 5.76. The van der Waals surface area contributed by atoms with Crippen LogP contribution in [0.15, 0.2) is 73.2 Å². The molecule has 9 heteroatoms. The number of nitrogens with zero attached hydrogens (tertiary/aromatic N) is 4. The van der Waals surface area contributed by atoms with Gasteiger partial charge in [-0.1, -0.05) is 29.8 Å². The second-order valence-electron chi connectivity index (χ2n) is 8.48. The lowest BCUT2D eigenvalue weighted by atomic mass is 9.97. The zero-order chi connectivity index (χ0) is 24.8. The number of benzene rings is 2. The SMILES string of the molecule is O=C1NC(=O)C(c2nn(CCCO)c3ccccc23)=C1c1cn(-c2cccnc2)c2ccc(Cl)cc12. The molecule has 0 aliphatic carbocycles. The Hall–Kier alpha value is -4.27. The third-order valence-corrected chi connectivity index (χ3v) is 6.55. The molecule has 6 rings (SSSR count). The molecule has 178 valence electrons. The Kier molecular flexibility index (Phi) is 5.40. The summed E-state index contributed by atoms with van der Waals surface area (Å²) in [6, 6.07) is 16.7. The van der Waals surface area contributed by atoms with Crippen LogP contribution in [0.4, 0.5) is 0 Å². The average molecular weight is 498 g/mol. The fraction of sp³-hybridized carbons (Fsp3) is 0.111. The van der Waals surface area contributed by atoms with E-state index in [1.54, 1.807) is 29.2 Å². The molecule has 0 spiro atoms. The summed E-state index contributed by atoms with van der Waals surface area (Å²) in [5.41, 5.74) is 3.90. The molecule has 0 unspecified atom stereocenters. The van der Waals surface area contributed by atoms with E-state index in [1.165, 1.54) is 0 Å². The number of carbonyl (C=O) groups excluding carboxylic acids is 2. The van der Waals surface area contributed by atoms with Gasteiger partial charge in [-0.15, -0.1) is 0 Å². The Morgan fingerprint density at radius 1 is 0.944 bits per heavy atom. The molecule has 3 aromatic heterocycles. The van der Waals surface area contributed by atoms with Crippen LogP contribution in [0.25, 0.3) is 38.6 Å². The molecule has 8 nitrogen and oxygen atoms in total. The van der Waals surface area contributed by atoms with Gasteiger partial charge in [-0.05, 0) is 42.8 Å². The molecule has 0 fully saturated rings. The van der Waals surface area contributed by atoms with Crippen LogP contribution in [-0.4, -0.2) is 42.9 Å². The van der Waals surface area contributed by atoms with E-state index in [0.717, 1.165) is 27.5 Å². The summed E-state index contributed by atoms with van der Waals surface area (Å²) in [5.74, 6) is -0.994. The van der Waals surface area contributed by atoms with Gasteiger partial charge in [0.1, 0.15) is 5.69 Å². The third kappa shape index (κ3) is 3.50. The van der Waals surface area contributed by atoms with Crippen molar-refractivity contribution >= 4 is 56.4 Å². The molecule has 0 atom stereocenters. The van der Waals surface area contributed by atoms with Crippen LogP contribution in [0.3, 0.4) is 0 Å². The van der Waals surface area contributed by atoms with Gasteiger partial charge in [0.15, 0.2) is 0 Å². The van der Waals surface area contributed by atoms with Gasteiger partial charge in [-0.3, -0.25) is 24.6 Å². The van der Waals surface area contributed by atoms with Gasteiger partial charge in [-0.2, -0.15) is 5.10 Å². The Morgan fingerprint density at radius 3 is 2.58 bits per heavy atom. The summed E-state index contributed by atoms with van der Waals surface area (Å²) in [6.45, 7) is 0.496. The Morgan fingerprint density at radius 2 is 1.78 bits per heavy atom. The molecule has 5 aromatic rings. The number of aliphatic hydroxyl groups is 1. The smallest absolute Gasteiger partial charge is 0.261 e. The minimum absolute atomic E-state index is 0.0189. The molecule has 36 heavy (non-hydrogen) atoms. The number of pyridine rings is 1. The van der Waals surface area contributed by atoms with Crippen LogP contribution < -0.4 is 5.32 Å². The molecule has 2 amide bonds. The number of amides is 2. The van der Waals surface area contributed by atoms with Gasteiger partial charge in [-0.25, -0.2) is 0 Å². The average Bonchev–Trinajstić information content (AvgIpc) is 3.53. The van der Waals surface area contributed by atoms with Gasteiger partial charge in [0.2, 0.25) is 0 Å². The molecule has 1 aliphatic heterocycles. The summed E-state index contributed by atoms with van der Waals surface area (Å²) in [4.78, 5) is 30.7. The first-order chi connectivity index (χ1) is 17.6. The highest BCUT2D eigenvalue weighted by molar-refractivity contribution is 6.50. The normalized spacial score (nSPS) is 13.8. The van der Waals surface area contributed by atoms with Gasteiger partial charge >= 0.3 is 0 Å². The van der Waals surface area contributed by atoms with Crippen molar-refractivity contribution in [3.05, 3.63) is 89.5 Å². The largest absolute Gasteiger partial charge is 0.396 e. The number of aliphatic hydroxyl groups excluding tert-OH is 1. The topological polar surface area (TPSA) is 102 Å². The molecule has 2 aromatic carbocycles. The number of hydrogen-bond donors (Lipinski definition) is 2. The zero-order valence-electron chi connectivity index (χ0n) is 19.0. The van der Waals surface area contributed by atoms with E-state index in [1.807, 2.05) is 53.2 Å². The fourth-order valence-corrected chi connectivity index (χ4v) is 4.92. The van der Waals surface area contributed by atoms with Gasteiger partial charge in [0.05, 0.1) is 34.1 Å². The number of aromatic nitrogens is 4. The van der Waals surface area contributed by atoms with E-state index < -0.39 is 11.8 Å². The highest BCUT2D eigenvalue weighted by Gasteiger charge is 2.36. The van der Waals surface area contributed by atoms with Crippen molar-refractivity contribution in [1.29, 1.82) is 0 Å². The highest BCUT2D eigenvalue weighted by atomic mass is 35.5. The van der Waals surface area contributed by atoms with Crippen molar-refractivity contribution in [3.8, 4) is 5.69 Å². The van der Waals surface area contributed by atoms with E-state index in [2.05, 4.69) is 10.3 Å². The van der Waals surface area contributed by atoms with E-state index in [0.29, 0.717) is 29.2 Å². The maximum atomic E-state index is 13.2. The summed E-state index contributed by atoms with van der Waals surface area (Å²) < 4.78 is 3.68. The Bertz CT molecular complexity index is 1700. The standard InChI is InChI=1S/C27H20ClN5O3/c28-16-8-9-21-19(13-16)20(15-32(21)17-5-3-10-29-14-17)23-24(27(36)30-26(23)35)25-18-6-1-2-7-22(18)33(31-25)11-4-12-34/h1-3,5-10,13-15,34H,4,11-12H2,(H,30,35,36). The minimum atomic E-state index is -0.503.